The number of carbonyl (C=O) groups is 2. The van der Waals surface area contributed by atoms with E-state index in [0.29, 0.717) is 38.4 Å². The molecular weight excluding hydrogens is 238 g/mol. The number of hydrogen-bond donors (Lipinski definition) is 2. The molecule has 5 nitrogen and oxygen atoms in total. The highest BCUT2D eigenvalue weighted by molar-refractivity contribution is 7.80. The van der Waals surface area contributed by atoms with Crippen LogP contribution in [0.1, 0.15) is 13.3 Å². The SMILES string of the molecule is CCNC(=O)CN1CCN(C(=O)CCS)CC1. The predicted molar refractivity (Wildman–Crippen MR) is 70.2 cm³/mol. The molecule has 1 N–H and O–H groups in total. The minimum absolute atomic E-state index is 0.0580. The normalized spacial score (nSPS) is 16.9. The summed E-state index contributed by atoms with van der Waals surface area (Å²) in [6.07, 6.45) is 0.499. The van der Waals surface area contributed by atoms with Gasteiger partial charge in [0.15, 0.2) is 0 Å². The standard InChI is InChI=1S/C11H21N3O2S/c1-2-12-10(15)9-13-4-6-14(7-5-13)11(16)3-8-17/h17H,2-9H2,1H3,(H,12,15). The van der Waals surface area contributed by atoms with Crippen molar-refractivity contribution in [2.45, 2.75) is 13.3 Å². The van der Waals surface area contributed by atoms with Crippen molar-refractivity contribution in [1.82, 2.24) is 15.1 Å². The molecule has 6 heteroatoms. The van der Waals surface area contributed by atoms with Crippen molar-refractivity contribution >= 4 is 24.4 Å². The number of nitrogens with one attached hydrogen (secondary N) is 1. The number of amides is 2. The van der Waals surface area contributed by atoms with E-state index in [-0.39, 0.29) is 11.8 Å². The number of carbonyl (C=O) groups excluding carboxylic acids is 2. The monoisotopic (exact) mass is 259 g/mol. The Hall–Kier alpha value is -0.750. The average Bonchev–Trinajstić information content (AvgIpc) is 2.30. The summed E-state index contributed by atoms with van der Waals surface area (Å²) in [5.74, 6) is 0.818. The summed E-state index contributed by atoms with van der Waals surface area (Å²) in [5.41, 5.74) is 0. The summed E-state index contributed by atoms with van der Waals surface area (Å²) in [5, 5.41) is 2.78. The van der Waals surface area contributed by atoms with Gasteiger partial charge in [0.2, 0.25) is 11.8 Å². The Balaban J connectivity index is 2.26. The zero-order valence-corrected chi connectivity index (χ0v) is 11.2. The molecule has 2 amide bonds. The van der Waals surface area contributed by atoms with E-state index < -0.39 is 0 Å². The number of thiol groups is 1. The molecule has 0 bridgehead atoms. The molecule has 0 aromatic rings. The van der Waals surface area contributed by atoms with Gasteiger partial charge in [-0.2, -0.15) is 12.6 Å². The lowest BCUT2D eigenvalue weighted by atomic mass is 10.3. The molecule has 98 valence electrons. The number of piperazine rings is 1. The lowest BCUT2D eigenvalue weighted by Crippen LogP contribution is -2.51. The molecule has 1 saturated heterocycles. The lowest BCUT2D eigenvalue weighted by Gasteiger charge is -2.34. The smallest absolute Gasteiger partial charge is 0.234 e. The van der Waals surface area contributed by atoms with Gasteiger partial charge >= 0.3 is 0 Å². The van der Waals surface area contributed by atoms with Crippen LogP contribution in [0.4, 0.5) is 0 Å². The summed E-state index contributed by atoms with van der Waals surface area (Å²) in [6.45, 7) is 5.98. The van der Waals surface area contributed by atoms with Crippen LogP contribution in [0.25, 0.3) is 0 Å². The van der Waals surface area contributed by atoms with Crippen molar-refractivity contribution in [3.05, 3.63) is 0 Å². The number of likely N-dealkylation sites (N-methyl/N-ethyl adjacent to an activating group) is 1. The molecule has 1 aliphatic rings. The molecule has 0 spiro atoms. The second-order valence-corrected chi connectivity index (χ2v) is 4.53. The van der Waals surface area contributed by atoms with E-state index in [9.17, 15) is 9.59 Å². The molecule has 0 aromatic heterocycles. The quantitative estimate of drug-likeness (QED) is 0.660. The molecule has 0 aliphatic carbocycles. The van der Waals surface area contributed by atoms with E-state index in [1.54, 1.807) is 0 Å². The summed E-state index contributed by atoms with van der Waals surface area (Å²) in [4.78, 5) is 26.9. The van der Waals surface area contributed by atoms with Crippen molar-refractivity contribution in [3.8, 4) is 0 Å². The molecule has 1 rings (SSSR count). The molecule has 17 heavy (non-hydrogen) atoms. The maximum absolute atomic E-state index is 11.6. The van der Waals surface area contributed by atoms with E-state index in [1.807, 2.05) is 11.8 Å². The van der Waals surface area contributed by atoms with Gasteiger partial charge in [0.1, 0.15) is 0 Å². The summed E-state index contributed by atoms with van der Waals surface area (Å²) in [7, 11) is 0. The first-order valence-electron chi connectivity index (χ1n) is 6.05. The fourth-order valence-electron chi connectivity index (χ4n) is 1.87. The van der Waals surface area contributed by atoms with Crippen LogP contribution in [0.2, 0.25) is 0 Å². The fourth-order valence-corrected chi connectivity index (χ4v) is 2.06. The molecular formula is C11H21N3O2S. The van der Waals surface area contributed by atoms with Crippen LogP contribution in [-0.4, -0.2) is 66.6 Å². The highest BCUT2D eigenvalue weighted by atomic mass is 32.1. The fraction of sp³-hybridized carbons (Fsp3) is 0.818. The average molecular weight is 259 g/mol. The molecule has 0 atom stereocenters. The number of hydrogen-bond acceptors (Lipinski definition) is 4. The maximum Gasteiger partial charge on any atom is 0.234 e. The first kappa shape index (κ1) is 14.3. The Morgan fingerprint density at radius 2 is 1.88 bits per heavy atom. The molecule has 0 radical (unpaired) electrons. The van der Waals surface area contributed by atoms with Gasteiger partial charge in [-0.1, -0.05) is 0 Å². The first-order valence-corrected chi connectivity index (χ1v) is 6.68. The summed E-state index contributed by atoms with van der Waals surface area (Å²) < 4.78 is 0. The predicted octanol–water partition coefficient (Wildman–Crippen LogP) is -0.413. The van der Waals surface area contributed by atoms with Crippen LogP contribution in [0.15, 0.2) is 0 Å². The van der Waals surface area contributed by atoms with Crippen LogP contribution < -0.4 is 5.32 Å². The highest BCUT2D eigenvalue weighted by Crippen LogP contribution is 2.04. The van der Waals surface area contributed by atoms with E-state index in [4.69, 9.17) is 0 Å². The van der Waals surface area contributed by atoms with Crippen LogP contribution in [-0.2, 0) is 9.59 Å². The number of nitrogens with zero attached hydrogens (tertiary/aromatic N) is 2. The Labute approximate surface area is 108 Å². The Morgan fingerprint density at radius 1 is 1.24 bits per heavy atom. The molecule has 1 heterocycles. The van der Waals surface area contributed by atoms with E-state index >= 15 is 0 Å². The van der Waals surface area contributed by atoms with Crippen LogP contribution in [0, 0.1) is 0 Å². The van der Waals surface area contributed by atoms with Crippen molar-refractivity contribution < 1.29 is 9.59 Å². The van der Waals surface area contributed by atoms with Crippen molar-refractivity contribution in [2.24, 2.45) is 0 Å². The zero-order chi connectivity index (χ0) is 12.7. The molecule has 0 unspecified atom stereocenters. The largest absolute Gasteiger partial charge is 0.355 e. The minimum atomic E-state index is 0.0580. The molecule has 1 aliphatic heterocycles. The molecule has 0 aromatic carbocycles. The third-order valence-electron chi connectivity index (χ3n) is 2.79. The topological polar surface area (TPSA) is 52.7 Å². The number of rotatable bonds is 5. The second kappa shape index (κ2) is 7.55. The van der Waals surface area contributed by atoms with Gasteiger partial charge in [-0.15, -0.1) is 0 Å². The van der Waals surface area contributed by atoms with Crippen molar-refractivity contribution in [2.75, 3.05) is 45.0 Å². The van der Waals surface area contributed by atoms with Gasteiger partial charge in [0.05, 0.1) is 6.54 Å². The van der Waals surface area contributed by atoms with Gasteiger partial charge in [-0.05, 0) is 12.7 Å². The van der Waals surface area contributed by atoms with Crippen molar-refractivity contribution in [3.63, 3.8) is 0 Å². The van der Waals surface area contributed by atoms with Gasteiger partial charge in [-0.25, -0.2) is 0 Å². The first-order chi connectivity index (χ1) is 8.17. The molecule has 1 fully saturated rings. The molecule has 0 saturated carbocycles. The van der Waals surface area contributed by atoms with Crippen LogP contribution >= 0.6 is 12.6 Å². The van der Waals surface area contributed by atoms with Crippen LogP contribution in [0.3, 0.4) is 0 Å². The Morgan fingerprint density at radius 3 is 2.41 bits per heavy atom. The van der Waals surface area contributed by atoms with Crippen LogP contribution in [0.5, 0.6) is 0 Å². The van der Waals surface area contributed by atoms with E-state index in [0.717, 1.165) is 13.1 Å². The zero-order valence-electron chi connectivity index (χ0n) is 10.3. The second-order valence-electron chi connectivity index (χ2n) is 4.08. The highest BCUT2D eigenvalue weighted by Gasteiger charge is 2.21. The maximum atomic E-state index is 11.6. The summed E-state index contributed by atoms with van der Waals surface area (Å²) in [6, 6.07) is 0. The van der Waals surface area contributed by atoms with Gasteiger partial charge in [0, 0.05) is 39.1 Å². The third-order valence-corrected chi connectivity index (χ3v) is 3.02. The minimum Gasteiger partial charge on any atom is -0.355 e. The Bertz CT molecular complexity index is 265. The van der Waals surface area contributed by atoms with E-state index in [2.05, 4.69) is 22.8 Å². The summed E-state index contributed by atoms with van der Waals surface area (Å²) >= 11 is 4.05. The Kier molecular flexibility index (Phi) is 6.36. The lowest BCUT2D eigenvalue weighted by molar-refractivity contribution is -0.132. The van der Waals surface area contributed by atoms with Crippen molar-refractivity contribution in [1.29, 1.82) is 0 Å². The van der Waals surface area contributed by atoms with Gasteiger partial charge in [-0.3, -0.25) is 14.5 Å². The third kappa shape index (κ3) is 4.95. The van der Waals surface area contributed by atoms with Gasteiger partial charge < -0.3 is 10.2 Å². The van der Waals surface area contributed by atoms with Gasteiger partial charge in [0.25, 0.3) is 0 Å². The van der Waals surface area contributed by atoms with E-state index in [1.165, 1.54) is 0 Å².